The average molecular weight is 383 g/mol. The Balaban J connectivity index is 1.75. The third-order valence-corrected chi connectivity index (χ3v) is 5.86. The van der Waals surface area contributed by atoms with E-state index in [1.54, 1.807) is 0 Å². The summed E-state index contributed by atoms with van der Waals surface area (Å²) in [5.41, 5.74) is 0. The SMILES string of the molecule is CCNC(=NCCN1CCS(=O)(=O)CC1)N(C)CCOc1ccccc1. The van der Waals surface area contributed by atoms with Gasteiger partial charge in [0.1, 0.15) is 12.4 Å². The molecule has 0 aromatic heterocycles. The normalized spacial score (nSPS) is 17.7. The van der Waals surface area contributed by atoms with Crippen molar-refractivity contribution in [3.05, 3.63) is 30.3 Å². The van der Waals surface area contributed by atoms with Crippen LogP contribution < -0.4 is 10.1 Å². The predicted octanol–water partition coefficient (Wildman–Crippen LogP) is 0.693. The highest BCUT2D eigenvalue weighted by Gasteiger charge is 2.20. The zero-order chi connectivity index (χ0) is 18.8. The summed E-state index contributed by atoms with van der Waals surface area (Å²) in [6.45, 7) is 6.77. The fourth-order valence-electron chi connectivity index (χ4n) is 2.66. The molecule has 0 atom stereocenters. The molecule has 2 rings (SSSR count). The van der Waals surface area contributed by atoms with Crippen molar-refractivity contribution in [3.8, 4) is 5.75 Å². The second-order valence-electron chi connectivity index (χ2n) is 6.31. The van der Waals surface area contributed by atoms with Crippen LogP contribution in [0, 0.1) is 0 Å². The summed E-state index contributed by atoms with van der Waals surface area (Å²) < 4.78 is 28.7. The lowest BCUT2D eigenvalue weighted by Gasteiger charge is -2.26. The molecule has 1 aliphatic rings. The van der Waals surface area contributed by atoms with Crippen molar-refractivity contribution in [2.24, 2.45) is 4.99 Å². The van der Waals surface area contributed by atoms with E-state index >= 15 is 0 Å². The minimum atomic E-state index is -2.82. The highest BCUT2D eigenvalue weighted by molar-refractivity contribution is 7.91. The summed E-state index contributed by atoms with van der Waals surface area (Å²) in [5, 5.41) is 3.29. The van der Waals surface area contributed by atoms with E-state index in [9.17, 15) is 8.42 Å². The van der Waals surface area contributed by atoms with Crippen LogP contribution in [0.1, 0.15) is 6.92 Å². The van der Waals surface area contributed by atoms with Crippen LogP contribution >= 0.6 is 0 Å². The molecule has 0 amide bonds. The van der Waals surface area contributed by atoms with Crippen molar-refractivity contribution in [2.45, 2.75) is 6.92 Å². The van der Waals surface area contributed by atoms with E-state index in [0.717, 1.165) is 31.3 Å². The molecule has 1 N–H and O–H groups in total. The van der Waals surface area contributed by atoms with Crippen LogP contribution in [0.2, 0.25) is 0 Å². The van der Waals surface area contributed by atoms with Gasteiger partial charge < -0.3 is 15.0 Å². The van der Waals surface area contributed by atoms with Crippen molar-refractivity contribution in [3.63, 3.8) is 0 Å². The Labute approximate surface area is 157 Å². The minimum absolute atomic E-state index is 0.257. The van der Waals surface area contributed by atoms with E-state index in [0.29, 0.717) is 26.2 Å². The zero-order valence-corrected chi connectivity index (χ0v) is 16.5. The molecule has 7 nitrogen and oxygen atoms in total. The van der Waals surface area contributed by atoms with Crippen LogP contribution in [0.5, 0.6) is 5.75 Å². The first-order valence-electron chi connectivity index (χ1n) is 9.10. The van der Waals surface area contributed by atoms with Gasteiger partial charge in [-0.3, -0.25) is 9.89 Å². The molecular weight excluding hydrogens is 352 g/mol. The molecule has 8 heteroatoms. The number of nitrogens with zero attached hydrogens (tertiary/aromatic N) is 3. The van der Waals surface area contributed by atoms with Crippen LogP contribution in [-0.4, -0.2) is 88.6 Å². The van der Waals surface area contributed by atoms with E-state index < -0.39 is 9.84 Å². The van der Waals surface area contributed by atoms with Gasteiger partial charge in [0.05, 0.1) is 24.6 Å². The number of rotatable bonds is 8. The van der Waals surface area contributed by atoms with Crippen molar-refractivity contribution in [1.82, 2.24) is 15.1 Å². The maximum atomic E-state index is 11.5. The maximum absolute atomic E-state index is 11.5. The van der Waals surface area contributed by atoms with Gasteiger partial charge in [-0.2, -0.15) is 0 Å². The lowest BCUT2D eigenvalue weighted by atomic mass is 10.3. The molecule has 1 saturated heterocycles. The van der Waals surface area contributed by atoms with Crippen molar-refractivity contribution in [1.29, 1.82) is 0 Å². The van der Waals surface area contributed by atoms with Crippen LogP contribution in [0.15, 0.2) is 35.3 Å². The van der Waals surface area contributed by atoms with Crippen LogP contribution in [0.4, 0.5) is 0 Å². The Morgan fingerprint density at radius 2 is 1.96 bits per heavy atom. The molecule has 1 aromatic rings. The van der Waals surface area contributed by atoms with Gasteiger partial charge in [-0.1, -0.05) is 18.2 Å². The third kappa shape index (κ3) is 7.21. The quantitative estimate of drug-likeness (QED) is 0.527. The maximum Gasteiger partial charge on any atom is 0.193 e. The van der Waals surface area contributed by atoms with Crippen molar-refractivity contribution >= 4 is 15.8 Å². The highest BCUT2D eigenvalue weighted by Crippen LogP contribution is 2.08. The summed E-state index contributed by atoms with van der Waals surface area (Å²) in [5.74, 6) is 2.22. The molecule has 1 aliphatic heterocycles. The number of likely N-dealkylation sites (N-methyl/N-ethyl adjacent to an activating group) is 1. The Kier molecular flexibility index (Phi) is 8.18. The van der Waals surface area contributed by atoms with Gasteiger partial charge in [0.15, 0.2) is 15.8 Å². The van der Waals surface area contributed by atoms with Gasteiger partial charge in [-0.15, -0.1) is 0 Å². The molecule has 0 radical (unpaired) electrons. The van der Waals surface area contributed by atoms with Gasteiger partial charge in [0.25, 0.3) is 0 Å². The van der Waals surface area contributed by atoms with Crippen molar-refractivity contribution < 1.29 is 13.2 Å². The van der Waals surface area contributed by atoms with Gasteiger partial charge in [0, 0.05) is 33.2 Å². The molecular formula is C18H30N4O3S. The van der Waals surface area contributed by atoms with E-state index in [2.05, 4.69) is 15.2 Å². The molecule has 0 bridgehead atoms. The lowest BCUT2D eigenvalue weighted by molar-refractivity contribution is 0.280. The molecule has 0 saturated carbocycles. The van der Waals surface area contributed by atoms with Gasteiger partial charge in [0.2, 0.25) is 0 Å². The number of ether oxygens (including phenoxy) is 1. The summed E-state index contributed by atoms with van der Waals surface area (Å²) >= 11 is 0. The second-order valence-corrected chi connectivity index (χ2v) is 8.62. The van der Waals surface area contributed by atoms with Gasteiger partial charge in [-0.25, -0.2) is 8.42 Å². The molecule has 0 spiro atoms. The predicted molar refractivity (Wildman–Crippen MR) is 106 cm³/mol. The first-order chi connectivity index (χ1) is 12.5. The number of benzene rings is 1. The number of guanidine groups is 1. The summed E-state index contributed by atoms with van der Waals surface area (Å²) in [6, 6.07) is 9.76. The Bertz CT molecular complexity index is 650. The van der Waals surface area contributed by atoms with Gasteiger partial charge >= 0.3 is 0 Å². The Morgan fingerprint density at radius 1 is 1.27 bits per heavy atom. The highest BCUT2D eigenvalue weighted by atomic mass is 32.2. The number of nitrogens with one attached hydrogen (secondary N) is 1. The van der Waals surface area contributed by atoms with Gasteiger partial charge in [-0.05, 0) is 19.1 Å². The fourth-order valence-corrected chi connectivity index (χ4v) is 3.94. The standard InChI is InChI=1S/C18H30N4O3S/c1-3-19-18(20-9-10-22-12-15-26(23,24)16-13-22)21(2)11-14-25-17-7-5-4-6-8-17/h4-8H,3,9-16H2,1-2H3,(H,19,20). The smallest absolute Gasteiger partial charge is 0.193 e. The summed E-state index contributed by atoms with van der Waals surface area (Å²) in [7, 11) is -0.835. The molecule has 1 heterocycles. The third-order valence-electron chi connectivity index (χ3n) is 4.25. The molecule has 0 unspecified atom stereocenters. The first kappa shape index (κ1) is 20.5. The minimum Gasteiger partial charge on any atom is -0.492 e. The average Bonchev–Trinajstić information content (AvgIpc) is 2.63. The zero-order valence-electron chi connectivity index (χ0n) is 15.7. The Hall–Kier alpha value is -1.80. The molecule has 146 valence electrons. The van der Waals surface area contributed by atoms with E-state index in [-0.39, 0.29) is 11.5 Å². The molecule has 0 aliphatic carbocycles. The monoisotopic (exact) mass is 382 g/mol. The Morgan fingerprint density at radius 3 is 2.62 bits per heavy atom. The van der Waals surface area contributed by atoms with Crippen LogP contribution in [-0.2, 0) is 9.84 Å². The van der Waals surface area contributed by atoms with Crippen LogP contribution in [0.3, 0.4) is 0 Å². The fraction of sp³-hybridized carbons (Fsp3) is 0.611. The van der Waals surface area contributed by atoms with E-state index in [4.69, 9.17) is 4.74 Å². The van der Waals surface area contributed by atoms with E-state index in [1.165, 1.54) is 0 Å². The molecule has 1 fully saturated rings. The topological polar surface area (TPSA) is 74.2 Å². The van der Waals surface area contributed by atoms with E-state index in [1.807, 2.05) is 49.2 Å². The van der Waals surface area contributed by atoms with Crippen molar-refractivity contribution in [2.75, 3.05) is 64.4 Å². The summed E-state index contributed by atoms with van der Waals surface area (Å²) in [6.07, 6.45) is 0. The number of hydrogen-bond donors (Lipinski definition) is 1. The molecule has 26 heavy (non-hydrogen) atoms. The molecule has 1 aromatic carbocycles. The number of para-hydroxylation sites is 1. The lowest BCUT2D eigenvalue weighted by Crippen LogP contribution is -2.43. The number of hydrogen-bond acceptors (Lipinski definition) is 5. The summed E-state index contributed by atoms with van der Waals surface area (Å²) in [4.78, 5) is 8.86. The number of sulfone groups is 1. The van der Waals surface area contributed by atoms with Crippen LogP contribution in [0.25, 0.3) is 0 Å². The second kappa shape index (κ2) is 10.4. The number of aliphatic imine (C=N–C) groups is 1. The first-order valence-corrected chi connectivity index (χ1v) is 10.9. The largest absolute Gasteiger partial charge is 0.492 e.